The molecule has 35 heavy (non-hydrogen) atoms. The number of rotatable bonds is 6. The summed E-state index contributed by atoms with van der Waals surface area (Å²) < 4.78 is 30.0. The quantitative estimate of drug-likeness (QED) is 0.607. The topological polar surface area (TPSA) is 113 Å². The molecule has 184 valence electrons. The van der Waals surface area contributed by atoms with E-state index in [-0.39, 0.29) is 34.2 Å². The summed E-state index contributed by atoms with van der Waals surface area (Å²) in [5, 5.41) is 2.87. The zero-order valence-corrected chi connectivity index (χ0v) is 20.2. The summed E-state index contributed by atoms with van der Waals surface area (Å²) in [5.74, 6) is -0.869. The monoisotopic (exact) mass is 497 g/mol. The number of nitrogens with one attached hydrogen (secondary N) is 1. The van der Waals surface area contributed by atoms with Crippen molar-refractivity contribution in [1.82, 2.24) is 10.2 Å². The Labute approximate surface area is 204 Å². The van der Waals surface area contributed by atoms with E-state index in [4.69, 9.17) is 4.74 Å². The third-order valence-electron chi connectivity index (χ3n) is 6.80. The molecule has 0 spiro atoms. The Balaban J connectivity index is 1.35. The van der Waals surface area contributed by atoms with Gasteiger partial charge in [-0.25, -0.2) is 13.3 Å². The molecule has 0 aliphatic carbocycles. The van der Waals surface area contributed by atoms with Gasteiger partial charge in [0.1, 0.15) is 5.75 Å². The van der Waals surface area contributed by atoms with Crippen LogP contribution in [-0.4, -0.2) is 74.3 Å². The number of fused-ring (bicyclic) bond motifs is 1. The van der Waals surface area contributed by atoms with Gasteiger partial charge >= 0.3 is 0 Å². The van der Waals surface area contributed by atoms with Crippen LogP contribution in [0.2, 0.25) is 0 Å². The van der Waals surface area contributed by atoms with Crippen LogP contribution < -0.4 is 15.0 Å². The van der Waals surface area contributed by atoms with Crippen LogP contribution in [0, 0.1) is 0 Å². The molecule has 2 unspecified atom stereocenters. The van der Waals surface area contributed by atoms with Crippen molar-refractivity contribution < 1.29 is 27.5 Å². The first-order valence-electron chi connectivity index (χ1n) is 11.8. The van der Waals surface area contributed by atoms with Crippen LogP contribution in [0.3, 0.4) is 0 Å². The third kappa shape index (κ3) is 4.43. The zero-order valence-electron chi connectivity index (χ0n) is 19.4. The molecule has 0 radical (unpaired) electrons. The Morgan fingerprint density at radius 2 is 1.69 bits per heavy atom. The minimum absolute atomic E-state index is 0.0339. The highest BCUT2D eigenvalue weighted by molar-refractivity contribution is 7.91. The summed E-state index contributed by atoms with van der Waals surface area (Å²) in [6, 6.07) is 10.3. The summed E-state index contributed by atoms with van der Waals surface area (Å²) in [5.41, 5.74) is 0.990. The molecule has 3 aliphatic rings. The van der Waals surface area contributed by atoms with Crippen molar-refractivity contribution in [2.75, 3.05) is 36.1 Å². The van der Waals surface area contributed by atoms with Crippen molar-refractivity contribution in [3.05, 3.63) is 59.2 Å². The number of likely N-dealkylation sites (tertiary alicyclic amines) is 1. The fourth-order valence-corrected chi connectivity index (χ4v) is 7.08. The second-order valence-corrected chi connectivity index (χ2v) is 11.3. The molecule has 2 saturated heterocycles. The Bertz CT molecular complexity index is 1280. The number of amides is 3. The largest absolute Gasteiger partial charge is 0.494 e. The van der Waals surface area contributed by atoms with E-state index in [0.29, 0.717) is 18.0 Å². The first kappa shape index (κ1) is 23.5. The SMILES string of the molecule is CCOc1ccc(N2C(=O)c3ccc(C(=O)NC4CS(=O)(=O)CC4N4CCCC4)cc3C2=O)cc1. The van der Waals surface area contributed by atoms with Crippen molar-refractivity contribution >= 4 is 33.2 Å². The number of nitrogens with zero attached hydrogens (tertiary/aromatic N) is 2. The lowest BCUT2D eigenvalue weighted by atomic mass is 10.0. The van der Waals surface area contributed by atoms with Gasteiger partial charge in [-0.1, -0.05) is 0 Å². The number of hydrogen-bond acceptors (Lipinski definition) is 7. The predicted molar refractivity (Wildman–Crippen MR) is 130 cm³/mol. The molecule has 5 rings (SSSR count). The average molecular weight is 498 g/mol. The number of anilines is 1. The minimum atomic E-state index is -3.25. The van der Waals surface area contributed by atoms with Crippen LogP contribution in [0.5, 0.6) is 5.75 Å². The van der Waals surface area contributed by atoms with Crippen molar-refractivity contribution in [2.45, 2.75) is 31.8 Å². The molecule has 0 saturated carbocycles. The maximum absolute atomic E-state index is 13.1. The van der Waals surface area contributed by atoms with Gasteiger partial charge in [0.25, 0.3) is 17.7 Å². The molecule has 2 aromatic rings. The van der Waals surface area contributed by atoms with Gasteiger partial charge < -0.3 is 10.1 Å². The van der Waals surface area contributed by atoms with E-state index >= 15 is 0 Å². The van der Waals surface area contributed by atoms with Gasteiger partial charge in [0, 0.05) is 11.6 Å². The molecule has 2 aromatic carbocycles. The average Bonchev–Trinajstić information content (AvgIpc) is 3.52. The van der Waals surface area contributed by atoms with Gasteiger partial charge in [0.15, 0.2) is 9.84 Å². The summed E-state index contributed by atoms with van der Waals surface area (Å²) in [4.78, 5) is 42.3. The van der Waals surface area contributed by atoms with Gasteiger partial charge in [-0.3, -0.25) is 19.3 Å². The lowest BCUT2D eigenvalue weighted by Gasteiger charge is -2.28. The number of carbonyl (C=O) groups excluding carboxylic acids is 3. The van der Waals surface area contributed by atoms with E-state index in [9.17, 15) is 22.8 Å². The molecular weight excluding hydrogens is 470 g/mol. The van der Waals surface area contributed by atoms with Gasteiger partial charge in [-0.15, -0.1) is 0 Å². The normalized spacial score (nSPS) is 23.5. The molecule has 0 aromatic heterocycles. The molecule has 0 bridgehead atoms. The molecule has 3 aliphatic heterocycles. The van der Waals surface area contributed by atoms with E-state index in [2.05, 4.69) is 10.2 Å². The van der Waals surface area contributed by atoms with Crippen LogP contribution in [0.1, 0.15) is 50.8 Å². The van der Waals surface area contributed by atoms with E-state index in [1.54, 1.807) is 24.3 Å². The molecule has 9 nitrogen and oxygen atoms in total. The second kappa shape index (κ2) is 9.09. The fraction of sp³-hybridized carbons (Fsp3) is 0.400. The van der Waals surface area contributed by atoms with E-state index in [0.717, 1.165) is 30.8 Å². The fourth-order valence-electron chi connectivity index (χ4n) is 5.13. The molecule has 10 heteroatoms. The lowest BCUT2D eigenvalue weighted by Crippen LogP contribution is -2.50. The minimum Gasteiger partial charge on any atom is -0.494 e. The maximum atomic E-state index is 13.1. The molecular formula is C25H27N3O6S. The third-order valence-corrected chi connectivity index (χ3v) is 8.52. The zero-order chi connectivity index (χ0) is 24.7. The Morgan fingerprint density at radius 3 is 2.37 bits per heavy atom. The number of ether oxygens (including phenoxy) is 1. The summed E-state index contributed by atoms with van der Waals surface area (Å²) in [6.45, 7) is 4.01. The van der Waals surface area contributed by atoms with Gasteiger partial charge in [0.05, 0.1) is 41.0 Å². The van der Waals surface area contributed by atoms with Crippen LogP contribution in [-0.2, 0) is 9.84 Å². The molecule has 3 heterocycles. The number of imide groups is 1. The van der Waals surface area contributed by atoms with Gasteiger partial charge in [-0.05, 0) is 75.3 Å². The highest BCUT2D eigenvalue weighted by Gasteiger charge is 2.43. The van der Waals surface area contributed by atoms with E-state index in [1.807, 2.05) is 6.92 Å². The lowest BCUT2D eigenvalue weighted by molar-refractivity contribution is 0.0913. The van der Waals surface area contributed by atoms with E-state index in [1.165, 1.54) is 18.2 Å². The van der Waals surface area contributed by atoms with E-state index < -0.39 is 33.6 Å². The number of benzene rings is 2. The van der Waals surface area contributed by atoms with Crippen molar-refractivity contribution in [3.8, 4) is 5.75 Å². The van der Waals surface area contributed by atoms with Gasteiger partial charge in [-0.2, -0.15) is 0 Å². The van der Waals surface area contributed by atoms with Crippen molar-refractivity contribution in [1.29, 1.82) is 0 Å². The highest BCUT2D eigenvalue weighted by Crippen LogP contribution is 2.30. The summed E-state index contributed by atoms with van der Waals surface area (Å²) in [7, 11) is -3.25. The van der Waals surface area contributed by atoms with Crippen LogP contribution in [0.15, 0.2) is 42.5 Å². The second-order valence-electron chi connectivity index (χ2n) is 9.10. The maximum Gasteiger partial charge on any atom is 0.266 e. The highest BCUT2D eigenvalue weighted by atomic mass is 32.2. The van der Waals surface area contributed by atoms with Crippen molar-refractivity contribution in [2.24, 2.45) is 0 Å². The molecule has 2 fully saturated rings. The van der Waals surface area contributed by atoms with Crippen LogP contribution >= 0.6 is 0 Å². The van der Waals surface area contributed by atoms with Crippen LogP contribution in [0.25, 0.3) is 0 Å². The number of hydrogen-bond donors (Lipinski definition) is 1. The molecule has 2 atom stereocenters. The molecule has 3 amide bonds. The standard InChI is InChI=1S/C25H27N3O6S/c1-2-34-18-8-6-17(7-9-18)28-24(30)19-10-5-16(13-20(19)25(28)31)23(29)26-21-14-35(32,33)15-22(21)27-11-3-4-12-27/h5-10,13,21-22H,2-4,11-12,14-15H2,1H3,(H,26,29). The number of carbonyl (C=O) groups is 3. The first-order chi connectivity index (χ1) is 16.8. The number of sulfone groups is 1. The van der Waals surface area contributed by atoms with Crippen LogP contribution in [0.4, 0.5) is 5.69 Å². The summed E-state index contributed by atoms with van der Waals surface area (Å²) in [6.07, 6.45) is 2.03. The smallest absolute Gasteiger partial charge is 0.266 e. The molecule has 1 N–H and O–H groups in total. The summed E-state index contributed by atoms with van der Waals surface area (Å²) >= 11 is 0. The first-order valence-corrected chi connectivity index (χ1v) is 13.6. The Hall–Kier alpha value is -3.24. The predicted octanol–water partition coefficient (Wildman–Crippen LogP) is 1.88. The Morgan fingerprint density at radius 1 is 1.00 bits per heavy atom. The van der Waals surface area contributed by atoms with Crippen molar-refractivity contribution in [3.63, 3.8) is 0 Å². The Kier molecular flexibility index (Phi) is 6.10. The van der Waals surface area contributed by atoms with Gasteiger partial charge in [0.2, 0.25) is 0 Å².